The molecule has 1 fully saturated rings. The smallest absolute Gasteiger partial charge is 0.323 e. The number of nitrogens with zero attached hydrogens (tertiary/aromatic N) is 2. The van der Waals surface area contributed by atoms with Crippen molar-refractivity contribution in [2.24, 2.45) is 0 Å². The molecule has 1 aliphatic rings. The molecule has 0 spiro atoms. The highest BCUT2D eigenvalue weighted by molar-refractivity contribution is 6.00. The molecule has 4 aromatic rings. The van der Waals surface area contributed by atoms with E-state index in [1.165, 1.54) is 6.07 Å². The zero-order chi connectivity index (χ0) is 30.2. The van der Waals surface area contributed by atoms with Crippen LogP contribution in [0.2, 0.25) is 0 Å². The highest BCUT2D eigenvalue weighted by atomic mass is 19.1. The minimum absolute atomic E-state index is 0.0988. The number of H-pyrrole nitrogens is 1. The van der Waals surface area contributed by atoms with Gasteiger partial charge in [-0.2, -0.15) is 0 Å². The van der Waals surface area contributed by atoms with Gasteiger partial charge < -0.3 is 30.6 Å². The Bertz CT molecular complexity index is 1600. The molecular weight excluding hydrogens is 551 g/mol. The molecular formula is C32H33FN6O4. The van der Waals surface area contributed by atoms with Crippen LogP contribution in [-0.4, -0.2) is 52.3 Å². The first kappa shape index (κ1) is 29.3. The fourth-order valence-electron chi connectivity index (χ4n) is 4.73. The van der Waals surface area contributed by atoms with Crippen molar-refractivity contribution in [1.29, 1.82) is 0 Å². The van der Waals surface area contributed by atoms with E-state index in [9.17, 15) is 18.8 Å². The molecule has 222 valence electrons. The molecule has 11 heteroatoms. The normalized spacial score (nSPS) is 12.6. The van der Waals surface area contributed by atoms with E-state index in [0.29, 0.717) is 53.5 Å². The molecule has 0 saturated carbocycles. The van der Waals surface area contributed by atoms with Crippen molar-refractivity contribution in [3.8, 4) is 22.9 Å². The summed E-state index contributed by atoms with van der Waals surface area (Å²) in [6.45, 7) is 3.90. The van der Waals surface area contributed by atoms with Gasteiger partial charge in [-0.05, 0) is 80.3 Å². The second-order valence-corrected chi connectivity index (χ2v) is 10.3. The SMILES string of the molecule is Cc1ccc(F)c(NC(=O)Nc2ccc(Oc3ccnc(-c4cc(C(=O)NCCCC(=O)N5CCCC5)c[nH]4)c3)cc2)c1. The lowest BCUT2D eigenvalue weighted by Gasteiger charge is -2.14. The van der Waals surface area contributed by atoms with Crippen molar-refractivity contribution in [3.63, 3.8) is 0 Å². The van der Waals surface area contributed by atoms with Gasteiger partial charge in [-0.3, -0.25) is 14.6 Å². The van der Waals surface area contributed by atoms with E-state index >= 15 is 0 Å². The third-order valence-electron chi connectivity index (χ3n) is 6.98. The van der Waals surface area contributed by atoms with Crippen molar-refractivity contribution in [3.05, 3.63) is 90.0 Å². The Morgan fingerprint density at radius 3 is 2.56 bits per heavy atom. The van der Waals surface area contributed by atoms with Gasteiger partial charge in [0.05, 0.1) is 22.6 Å². The Kier molecular flexibility index (Phi) is 9.30. The molecule has 0 radical (unpaired) electrons. The molecule has 2 aromatic carbocycles. The zero-order valence-electron chi connectivity index (χ0n) is 23.8. The summed E-state index contributed by atoms with van der Waals surface area (Å²) in [6, 6.07) is 15.8. The number of halogens is 1. The van der Waals surface area contributed by atoms with Crippen LogP contribution in [0.5, 0.6) is 11.5 Å². The molecule has 4 N–H and O–H groups in total. The maximum atomic E-state index is 13.9. The highest BCUT2D eigenvalue weighted by Crippen LogP contribution is 2.27. The van der Waals surface area contributed by atoms with Crippen LogP contribution in [0, 0.1) is 12.7 Å². The number of anilines is 2. The Morgan fingerprint density at radius 2 is 1.77 bits per heavy atom. The highest BCUT2D eigenvalue weighted by Gasteiger charge is 2.17. The number of carbonyl (C=O) groups excluding carboxylic acids is 3. The average Bonchev–Trinajstić information content (AvgIpc) is 3.72. The number of nitrogens with one attached hydrogen (secondary N) is 4. The molecule has 0 atom stereocenters. The van der Waals surface area contributed by atoms with Gasteiger partial charge in [-0.15, -0.1) is 0 Å². The minimum Gasteiger partial charge on any atom is -0.457 e. The van der Waals surface area contributed by atoms with Gasteiger partial charge >= 0.3 is 6.03 Å². The van der Waals surface area contributed by atoms with Crippen molar-refractivity contribution in [2.45, 2.75) is 32.6 Å². The lowest BCUT2D eigenvalue weighted by Crippen LogP contribution is -2.29. The predicted octanol–water partition coefficient (Wildman–Crippen LogP) is 6.09. The molecule has 3 heterocycles. The number of amides is 4. The number of carbonyl (C=O) groups is 3. The zero-order valence-corrected chi connectivity index (χ0v) is 23.8. The van der Waals surface area contributed by atoms with E-state index < -0.39 is 11.8 Å². The number of urea groups is 1. The number of benzene rings is 2. The molecule has 1 aliphatic heterocycles. The van der Waals surface area contributed by atoms with Crippen LogP contribution >= 0.6 is 0 Å². The van der Waals surface area contributed by atoms with Crippen molar-refractivity contribution >= 4 is 29.2 Å². The number of rotatable bonds is 10. The van der Waals surface area contributed by atoms with Crippen LogP contribution in [0.4, 0.5) is 20.6 Å². The fourth-order valence-corrected chi connectivity index (χ4v) is 4.73. The molecule has 1 saturated heterocycles. The second kappa shape index (κ2) is 13.6. The van der Waals surface area contributed by atoms with Crippen LogP contribution in [0.15, 0.2) is 73.1 Å². The summed E-state index contributed by atoms with van der Waals surface area (Å²) in [5, 5.41) is 8.04. The third-order valence-corrected chi connectivity index (χ3v) is 6.98. The van der Waals surface area contributed by atoms with E-state index in [-0.39, 0.29) is 17.5 Å². The number of pyridine rings is 1. The van der Waals surface area contributed by atoms with Gasteiger partial charge in [-0.25, -0.2) is 9.18 Å². The van der Waals surface area contributed by atoms with Crippen molar-refractivity contribution in [1.82, 2.24) is 20.2 Å². The van der Waals surface area contributed by atoms with E-state index in [4.69, 9.17) is 4.74 Å². The van der Waals surface area contributed by atoms with E-state index in [2.05, 4.69) is 25.9 Å². The van der Waals surface area contributed by atoms with E-state index in [0.717, 1.165) is 31.5 Å². The minimum atomic E-state index is -0.566. The van der Waals surface area contributed by atoms with Gasteiger partial charge in [0.2, 0.25) is 5.91 Å². The van der Waals surface area contributed by atoms with Gasteiger partial charge in [0.15, 0.2) is 0 Å². The summed E-state index contributed by atoms with van der Waals surface area (Å²) in [5.74, 6) is 0.465. The molecule has 2 aromatic heterocycles. The quantitative estimate of drug-likeness (QED) is 0.168. The number of aryl methyl sites for hydroxylation is 1. The molecule has 43 heavy (non-hydrogen) atoms. The summed E-state index contributed by atoms with van der Waals surface area (Å²) >= 11 is 0. The summed E-state index contributed by atoms with van der Waals surface area (Å²) in [5.41, 5.74) is 3.13. The first-order valence-electron chi connectivity index (χ1n) is 14.2. The first-order chi connectivity index (χ1) is 20.8. The van der Waals surface area contributed by atoms with Crippen molar-refractivity contribution < 1.29 is 23.5 Å². The molecule has 0 unspecified atom stereocenters. The summed E-state index contributed by atoms with van der Waals surface area (Å²) in [4.78, 5) is 46.4. The topological polar surface area (TPSA) is 128 Å². The average molecular weight is 585 g/mol. The van der Waals surface area contributed by atoms with Crippen LogP contribution in [0.3, 0.4) is 0 Å². The van der Waals surface area contributed by atoms with E-state index in [1.54, 1.807) is 67.0 Å². The predicted molar refractivity (Wildman–Crippen MR) is 162 cm³/mol. The Hall–Kier alpha value is -5.19. The largest absolute Gasteiger partial charge is 0.457 e. The third kappa shape index (κ3) is 7.97. The number of likely N-dealkylation sites (tertiary alicyclic amines) is 1. The molecule has 0 aliphatic carbocycles. The Balaban J connectivity index is 1.11. The summed E-state index contributed by atoms with van der Waals surface area (Å²) in [7, 11) is 0. The fraction of sp³-hybridized carbons (Fsp3) is 0.250. The van der Waals surface area contributed by atoms with Gasteiger partial charge in [0, 0.05) is 50.2 Å². The number of aromatic nitrogens is 2. The van der Waals surface area contributed by atoms with Crippen LogP contribution in [0.25, 0.3) is 11.4 Å². The molecule has 0 bridgehead atoms. The van der Waals surface area contributed by atoms with E-state index in [1.807, 2.05) is 11.8 Å². The first-order valence-corrected chi connectivity index (χ1v) is 14.2. The summed E-state index contributed by atoms with van der Waals surface area (Å²) in [6.07, 6.45) is 6.37. The van der Waals surface area contributed by atoms with Crippen LogP contribution < -0.4 is 20.7 Å². The molecule has 4 amide bonds. The van der Waals surface area contributed by atoms with Crippen molar-refractivity contribution in [2.75, 3.05) is 30.3 Å². The monoisotopic (exact) mass is 584 g/mol. The Labute approximate surface area is 248 Å². The number of aromatic amines is 1. The van der Waals surface area contributed by atoms with Crippen LogP contribution in [-0.2, 0) is 4.79 Å². The Morgan fingerprint density at radius 1 is 0.977 bits per heavy atom. The van der Waals surface area contributed by atoms with Gasteiger partial charge in [0.1, 0.15) is 17.3 Å². The second-order valence-electron chi connectivity index (χ2n) is 10.3. The number of ether oxygens (including phenoxy) is 1. The molecule has 5 rings (SSSR count). The van der Waals surface area contributed by atoms with Gasteiger partial charge in [-0.1, -0.05) is 6.07 Å². The maximum absolute atomic E-state index is 13.9. The lowest BCUT2D eigenvalue weighted by molar-refractivity contribution is -0.130. The lowest BCUT2D eigenvalue weighted by atomic mass is 10.2. The standard InChI is InChI=1S/C32H33FN6O4/c1-21-6-11-26(33)27(17-21)38-32(42)37-23-7-9-24(10-8-23)43-25-12-14-34-29(19-25)28-18-22(20-36-28)31(41)35-13-4-5-30(40)39-15-2-3-16-39/h6-12,14,17-20,36H,2-5,13,15-16H2,1H3,(H,35,41)(H2,37,38,42). The maximum Gasteiger partial charge on any atom is 0.323 e. The summed E-state index contributed by atoms with van der Waals surface area (Å²) < 4.78 is 19.9. The molecule has 10 nitrogen and oxygen atoms in total. The van der Waals surface area contributed by atoms with Gasteiger partial charge in [0.25, 0.3) is 5.91 Å². The van der Waals surface area contributed by atoms with Crippen LogP contribution in [0.1, 0.15) is 41.6 Å². The number of hydrogen-bond acceptors (Lipinski definition) is 5. The number of hydrogen-bond donors (Lipinski definition) is 4.